The van der Waals surface area contributed by atoms with E-state index in [-0.39, 0.29) is 5.75 Å². The van der Waals surface area contributed by atoms with Gasteiger partial charge in [0.1, 0.15) is 5.82 Å². The van der Waals surface area contributed by atoms with Crippen LogP contribution in [0.25, 0.3) is 11.4 Å². The lowest BCUT2D eigenvalue weighted by Gasteiger charge is -2.11. The summed E-state index contributed by atoms with van der Waals surface area (Å²) in [5, 5.41) is 9.87. The molecule has 0 aliphatic rings. The third-order valence-corrected chi connectivity index (χ3v) is 4.72. The Hall–Kier alpha value is -1.09. The normalized spacial score (nSPS) is 10.7. The molecular weight excluding hydrogens is 449 g/mol. The molecule has 0 amide bonds. The number of phenolic OH excluding ortho intramolecular Hbond substituents is 1. The maximum absolute atomic E-state index is 9.87. The van der Waals surface area contributed by atoms with E-state index < -0.39 is 0 Å². The third-order valence-electron chi connectivity index (χ3n) is 2.94. The molecule has 0 aliphatic carbocycles. The van der Waals surface area contributed by atoms with Crippen LogP contribution in [0.5, 0.6) is 11.5 Å². The lowest BCUT2D eigenvalue weighted by Crippen LogP contribution is -2.05. The molecule has 0 fully saturated rings. The SMILES string of the molecule is CCCc1nc(-c2cc(Br)c(O)c(OC)c2)nc(N)c1I. The van der Waals surface area contributed by atoms with Gasteiger partial charge in [-0.2, -0.15) is 0 Å². The van der Waals surface area contributed by atoms with Crippen LogP contribution < -0.4 is 10.5 Å². The van der Waals surface area contributed by atoms with Crippen molar-refractivity contribution in [2.75, 3.05) is 12.8 Å². The average Bonchev–Trinajstić information content (AvgIpc) is 2.46. The highest BCUT2D eigenvalue weighted by Gasteiger charge is 2.15. The number of benzene rings is 1. The topological polar surface area (TPSA) is 81.3 Å². The second-order valence-electron chi connectivity index (χ2n) is 4.45. The van der Waals surface area contributed by atoms with Gasteiger partial charge >= 0.3 is 0 Å². The summed E-state index contributed by atoms with van der Waals surface area (Å²) in [5.41, 5.74) is 7.64. The Kier molecular flexibility index (Phi) is 5.26. The van der Waals surface area contributed by atoms with Gasteiger partial charge in [0.25, 0.3) is 0 Å². The lowest BCUT2D eigenvalue weighted by molar-refractivity contribution is 0.372. The van der Waals surface area contributed by atoms with Gasteiger partial charge < -0.3 is 15.6 Å². The molecule has 0 spiro atoms. The number of hydrogen-bond acceptors (Lipinski definition) is 5. The minimum Gasteiger partial charge on any atom is -0.503 e. The van der Waals surface area contributed by atoms with Crippen LogP contribution in [0.1, 0.15) is 19.0 Å². The van der Waals surface area contributed by atoms with Crippen molar-refractivity contribution in [3.63, 3.8) is 0 Å². The Bertz CT molecular complexity index is 680. The first-order valence-corrected chi connectivity index (χ1v) is 8.23. The first-order valence-electron chi connectivity index (χ1n) is 6.36. The van der Waals surface area contributed by atoms with E-state index in [1.54, 1.807) is 12.1 Å². The number of rotatable bonds is 4. The molecule has 0 radical (unpaired) electrons. The largest absolute Gasteiger partial charge is 0.503 e. The highest BCUT2D eigenvalue weighted by Crippen LogP contribution is 2.38. The van der Waals surface area contributed by atoms with Crippen molar-refractivity contribution in [2.24, 2.45) is 0 Å². The van der Waals surface area contributed by atoms with Gasteiger partial charge in [-0.05, 0) is 57.1 Å². The number of aryl methyl sites for hydroxylation is 1. The maximum Gasteiger partial charge on any atom is 0.172 e. The second kappa shape index (κ2) is 6.78. The molecule has 112 valence electrons. The van der Waals surface area contributed by atoms with Gasteiger partial charge in [0.2, 0.25) is 0 Å². The summed E-state index contributed by atoms with van der Waals surface area (Å²) < 4.78 is 6.57. The minimum absolute atomic E-state index is 0.0496. The Morgan fingerprint density at radius 2 is 2.10 bits per heavy atom. The fraction of sp³-hybridized carbons (Fsp3) is 0.286. The van der Waals surface area contributed by atoms with Crippen molar-refractivity contribution in [1.82, 2.24) is 9.97 Å². The molecule has 0 aliphatic heterocycles. The molecule has 2 rings (SSSR count). The average molecular weight is 464 g/mol. The molecule has 5 nitrogen and oxygen atoms in total. The quantitative estimate of drug-likeness (QED) is 0.674. The van der Waals surface area contributed by atoms with Crippen molar-refractivity contribution in [1.29, 1.82) is 0 Å². The zero-order valence-electron chi connectivity index (χ0n) is 11.7. The van der Waals surface area contributed by atoms with Gasteiger partial charge in [-0.25, -0.2) is 9.97 Å². The third kappa shape index (κ3) is 3.39. The van der Waals surface area contributed by atoms with E-state index >= 15 is 0 Å². The predicted octanol–water partition coefficient (Wildman–Crippen LogP) is 3.76. The van der Waals surface area contributed by atoms with E-state index in [0.717, 1.165) is 27.7 Å². The lowest BCUT2D eigenvalue weighted by atomic mass is 10.1. The van der Waals surface area contributed by atoms with Crippen molar-refractivity contribution in [2.45, 2.75) is 19.8 Å². The van der Waals surface area contributed by atoms with Crippen LogP contribution in [0, 0.1) is 3.57 Å². The van der Waals surface area contributed by atoms with E-state index in [2.05, 4.69) is 55.4 Å². The number of ether oxygens (including phenoxy) is 1. The Morgan fingerprint density at radius 3 is 2.71 bits per heavy atom. The summed E-state index contributed by atoms with van der Waals surface area (Å²) in [4.78, 5) is 8.92. The number of halogens is 2. The standard InChI is InChI=1S/C14H15BrIN3O2/c1-3-4-9-11(16)13(17)19-14(18-9)7-5-8(15)12(20)10(6-7)21-2/h5-6,20H,3-4H2,1-2H3,(H2,17,18,19). The van der Waals surface area contributed by atoms with E-state index in [9.17, 15) is 5.11 Å². The van der Waals surface area contributed by atoms with Gasteiger partial charge in [0.05, 0.1) is 20.8 Å². The van der Waals surface area contributed by atoms with Crippen LogP contribution in [0.3, 0.4) is 0 Å². The maximum atomic E-state index is 9.87. The molecule has 0 bridgehead atoms. The number of aromatic nitrogens is 2. The van der Waals surface area contributed by atoms with E-state index in [1.165, 1.54) is 7.11 Å². The van der Waals surface area contributed by atoms with Crippen LogP contribution >= 0.6 is 38.5 Å². The minimum atomic E-state index is 0.0496. The number of nitrogen functional groups attached to an aromatic ring is 1. The fourth-order valence-electron chi connectivity index (χ4n) is 1.90. The van der Waals surface area contributed by atoms with E-state index in [4.69, 9.17) is 10.5 Å². The predicted molar refractivity (Wildman–Crippen MR) is 94.5 cm³/mol. The van der Waals surface area contributed by atoms with Gasteiger partial charge in [-0.1, -0.05) is 13.3 Å². The molecule has 1 aromatic carbocycles. The molecule has 21 heavy (non-hydrogen) atoms. The summed E-state index contributed by atoms with van der Waals surface area (Å²) in [6.45, 7) is 2.09. The molecule has 1 aromatic heterocycles. The van der Waals surface area contributed by atoms with E-state index in [0.29, 0.717) is 21.9 Å². The zero-order valence-corrected chi connectivity index (χ0v) is 15.4. The van der Waals surface area contributed by atoms with Crippen LogP contribution in [0.15, 0.2) is 16.6 Å². The first kappa shape index (κ1) is 16.3. The summed E-state index contributed by atoms with van der Waals surface area (Å²) in [6.07, 6.45) is 1.82. The smallest absolute Gasteiger partial charge is 0.172 e. The number of nitrogens with two attached hydrogens (primary N) is 1. The van der Waals surface area contributed by atoms with Crippen molar-refractivity contribution in [3.05, 3.63) is 25.9 Å². The molecule has 0 saturated carbocycles. The summed E-state index contributed by atoms with van der Waals surface area (Å²) in [6, 6.07) is 3.44. The number of phenols is 1. The zero-order chi connectivity index (χ0) is 15.6. The molecule has 2 aromatic rings. The summed E-state index contributed by atoms with van der Waals surface area (Å²) >= 11 is 5.47. The number of methoxy groups -OCH3 is 1. The van der Waals surface area contributed by atoms with Gasteiger partial charge in [0, 0.05) is 5.56 Å². The van der Waals surface area contributed by atoms with Crippen molar-refractivity contribution in [3.8, 4) is 22.9 Å². The monoisotopic (exact) mass is 463 g/mol. The Balaban J connectivity index is 2.59. The molecule has 3 N–H and O–H groups in total. The highest BCUT2D eigenvalue weighted by molar-refractivity contribution is 14.1. The highest BCUT2D eigenvalue weighted by atomic mass is 127. The van der Waals surface area contributed by atoms with Crippen LogP contribution in [-0.2, 0) is 6.42 Å². The summed E-state index contributed by atoms with van der Waals surface area (Å²) in [5.74, 6) is 1.40. The van der Waals surface area contributed by atoms with Crippen molar-refractivity contribution < 1.29 is 9.84 Å². The fourth-order valence-corrected chi connectivity index (χ4v) is 2.86. The molecule has 7 heteroatoms. The van der Waals surface area contributed by atoms with Gasteiger partial charge in [-0.15, -0.1) is 0 Å². The molecule has 1 heterocycles. The molecule has 0 unspecified atom stereocenters. The van der Waals surface area contributed by atoms with Gasteiger partial charge in [0.15, 0.2) is 17.3 Å². The van der Waals surface area contributed by atoms with Gasteiger partial charge in [-0.3, -0.25) is 0 Å². The molecule has 0 saturated heterocycles. The van der Waals surface area contributed by atoms with Crippen LogP contribution in [0.2, 0.25) is 0 Å². The molecular formula is C14H15BrIN3O2. The van der Waals surface area contributed by atoms with Crippen LogP contribution in [0.4, 0.5) is 5.82 Å². The van der Waals surface area contributed by atoms with E-state index in [1.807, 2.05) is 0 Å². The Morgan fingerprint density at radius 1 is 1.38 bits per heavy atom. The first-order chi connectivity index (χ1) is 9.97. The molecule has 0 atom stereocenters. The van der Waals surface area contributed by atoms with Crippen LogP contribution in [-0.4, -0.2) is 22.2 Å². The number of nitrogens with zero attached hydrogens (tertiary/aromatic N) is 2. The number of anilines is 1. The second-order valence-corrected chi connectivity index (χ2v) is 6.39. The number of aromatic hydroxyl groups is 1. The van der Waals surface area contributed by atoms with Crippen molar-refractivity contribution >= 4 is 44.3 Å². The number of hydrogen-bond donors (Lipinski definition) is 2. The Labute approximate surface area is 145 Å². The summed E-state index contributed by atoms with van der Waals surface area (Å²) in [7, 11) is 1.50.